The number of hydrogen-bond acceptors (Lipinski definition) is 2. The second-order valence-electron chi connectivity index (χ2n) is 18.3. The van der Waals surface area contributed by atoms with Gasteiger partial charge in [-0.3, -0.25) is 0 Å². The maximum absolute atomic E-state index is 2.75. The molecular weight excluding hydrogens is 737 g/mol. The van der Waals surface area contributed by atoms with Crippen molar-refractivity contribution in [2.75, 3.05) is 9.80 Å². The number of fused-ring (bicyclic) bond motifs is 8. The molecule has 0 N–H and O–H groups in total. The molecule has 0 aliphatic heterocycles. The first kappa shape index (κ1) is 34.9. The van der Waals surface area contributed by atoms with Crippen LogP contribution in [0.15, 0.2) is 212 Å². The normalized spacial score (nSPS) is 23.8. The van der Waals surface area contributed by atoms with Crippen molar-refractivity contribution in [3.8, 4) is 11.1 Å². The van der Waals surface area contributed by atoms with E-state index in [-0.39, 0.29) is 22.3 Å². The molecule has 4 unspecified atom stereocenters. The molecule has 8 aromatic carbocycles. The lowest BCUT2D eigenvalue weighted by Crippen LogP contribution is -2.72. The molecule has 1 fully saturated rings. The zero-order chi connectivity index (χ0) is 40.5. The van der Waals surface area contributed by atoms with Crippen molar-refractivity contribution in [2.45, 2.75) is 36.6 Å². The third-order valence-electron chi connectivity index (χ3n) is 15.3. The monoisotopic (exact) mass is 782 g/mol. The van der Waals surface area contributed by atoms with Crippen molar-refractivity contribution in [1.29, 1.82) is 0 Å². The second kappa shape index (κ2) is 12.6. The lowest BCUT2D eigenvalue weighted by atomic mass is 9.39. The Kier molecular flexibility index (Phi) is 7.19. The van der Waals surface area contributed by atoms with Gasteiger partial charge in [-0.2, -0.15) is 0 Å². The third kappa shape index (κ3) is 4.47. The third-order valence-corrected chi connectivity index (χ3v) is 15.3. The van der Waals surface area contributed by atoms with Crippen LogP contribution in [-0.2, 0) is 10.8 Å². The van der Waals surface area contributed by atoms with Gasteiger partial charge in [0.15, 0.2) is 0 Å². The highest BCUT2D eigenvalue weighted by Gasteiger charge is 2.77. The molecule has 0 aromatic heterocycles. The van der Waals surface area contributed by atoms with Crippen LogP contribution in [0.3, 0.4) is 0 Å². The van der Waals surface area contributed by atoms with E-state index in [9.17, 15) is 0 Å². The minimum Gasteiger partial charge on any atom is -0.331 e. The molecule has 0 heterocycles. The van der Waals surface area contributed by atoms with Crippen LogP contribution in [0.25, 0.3) is 21.9 Å². The van der Waals surface area contributed by atoms with Gasteiger partial charge in [-0.05, 0) is 166 Å². The summed E-state index contributed by atoms with van der Waals surface area (Å²) in [5.41, 5.74) is 16.0. The van der Waals surface area contributed by atoms with Gasteiger partial charge in [0.2, 0.25) is 0 Å². The van der Waals surface area contributed by atoms with E-state index < -0.39 is 0 Å². The quantitative estimate of drug-likeness (QED) is 0.155. The van der Waals surface area contributed by atoms with Gasteiger partial charge in [-0.15, -0.1) is 0 Å². The zero-order valence-electron chi connectivity index (χ0n) is 34.5. The fourth-order valence-corrected chi connectivity index (χ4v) is 13.3. The second-order valence-corrected chi connectivity index (χ2v) is 18.3. The highest BCUT2D eigenvalue weighted by Crippen LogP contribution is 2.78. The Bertz CT molecular complexity index is 3100. The van der Waals surface area contributed by atoms with Crippen molar-refractivity contribution in [3.63, 3.8) is 0 Å². The average molecular weight is 783 g/mol. The highest BCUT2D eigenvalue weighted by atomic mass is 15.2. The molecular formula is C59H46N2. The fourth-order valence-electron chi connectivity index (χ4n) is 13.3. The number of para-hydroxylation sites is 2. The van der Waals surface area contributed by atoms with Crippen LogP contribution in [0.2, 0.25) is 0 Å². The summed E-state index contributed by atoms with van der Waals surface area (Å²) in [5.74, 6) is 1.05. The van der Waals surface area contributed by atoms with Gasteiger partial charge in [0, 0.05) is 33.9 Å². The lowest BCUT2D eigenvalue weighted by Gasteiger charge is -2.68. The van der Waals surface area contributed by atoms with Gasteiger partial charge >= 0.3 is 0 Å². The van der Waals surface area contributed by atoms with Gasteiger partial charge in [0.05, 0.1) is 11.0 Å². The maximum Gasteiger partial charge on any atom is 0.0774 e. The molecule has 8 aromatic rings. The molecule has 7 aliphatic carbocycles. The number of benzene rings is 8. The van der Waals surface area contributed by atoms with Crippen LogP contribution in [0, 0.1) is 31.6 Å². The fraction of sp³-hybridized carbons (Fsp3) is 0.153. The van der Waals surface area contributed by atoms with E-state index in [2.05, 4.69) is 236 Å². The van der Waals surface area contributed by atoms with Crippen molar-refractivity contribution >= 4 is 39.2 Å². The van der Waals surface area contributed by atoms with Crippen LogP contribution in [0.1, 0.15) is 39.8 Å². The molecule has 61 heavy (non-hydrogen) atoms. The molecule has 2 spiro atoms. The van der Waals surface area contributed by atoms with Crippen LogP contribution in [0.5, 0.6) is 0 Å². The van der Waals surface area contributed by atoms with Crippen LogP contribution >= 0.6 is 0 Å². The molecule has 0 radical (unpaired) electrons. The van der Waals surface area contributed by atoms with Crippen molar-refractivity contribution in [2.24, 2.45) is 17.8 Å². The summed E-state index contributed by atoms with van der Waals surface area (Å²) in [6, 6.07) is 71.4. The predicted molar refractivity (Wildman–Crippen MR) is 253 cm³/mol. The molecule has 0 saturated heterocycles. The zero-order valence-corrected chi connectivity index (χ0v) is 34.5. The number of hydrogen-bond donors (Lipinski definition) is 0. The predicted octanol–water partition coefficient (Wildman–Crippen LogP) is 14.5. The summed E-state index contributed by atoms with van der Waals surface area (Å²) in [4.78, 5) is 5.16. The summed E-state index contributed by atoms with van der Waals surface area (Å²) in [7, 11) is 0. The Labute approximate surface area is 358 Å². The molecule has 2 nitrogen and oxygen atoms in total. The number of allylic oxidation sites excluding steroid dienone is 2. The van der Waals surface area contributed by atoms with Gasteiger partial charge < -0.3 is 9.80 Å². The van der Waals surface area contributed by atoms with Gasteiger partial charge in [-0.25, -0.2) is 0 Å². The van der Waals surface area contributed by atoms with Crippen LogP contribution < -0.4 is 9.80 Å². The smallest absolute Gasteiger partial charge is 0.0774 e. The Hall–Kier alpha value is -6.90. The van der Waals surface area contributed by atoms with E-state index in [1.165, 1.54) is 66.7 Å². The average Bonchev–Trinajstić information content (AvgIpc) is 3.75. The van der Waals surface area contributed by atoms with Crippen molar-refractivity contribution in [3.05, 3.63) is 246 Å². The van der Waals surface area contributed by atoms with Crippen molar-refractivity contribution < 1.29 is 0 Å². The summed E-state index contributed by atoms with van der Waals surface area (Å²) in [6.07, 6.45) is 11.7. The van der Waals surface area contributed by atoms with Crippen LogP contribution in [0.4, 0.5) is 28.4 Å². The molecule has 2 heteroatoms. The number of rotatable bonds is 6. The SMILES string of the molecule is Cc1cccc(N(c2ccccc2)c2ccc3cc4c(cc3c2)C2(c3ccccc3-c3ccccc32)C2C3C=CC5(N(c6ccccc6)c6cccc(C)c6)CC3C=C[C@@]425)c1. The summed E-state index contributed by atoms with van der Waals surface area (Å²) in [5, 5.41) is 2.55. The Morgan fingerprint density at radius 1 is 0.443 bits per heavy atom. The molecule has 5 atom stereocenters. The standard InChI is InChI=1S/C59H46N2/c1-39-15-13-21-46(33-39)60(44-17-5-3-6-18-44)47-28-27-41-36-54-55(37-43(41)35-47)59(52-25-11-9-23-50(52)51-24-10-12-26-53(51)59)56-49-30-31-57(38-42(49)29-32-58(54,56)57)61(45-19-7-4-8-20-45)48-22-14-16-40(2)34-48/h3-37,42,49,56H,38H2,1-2H3/t42?,49?,56?,57?,58-/m1/s1. The first-order valence-electron chi connectivity index (χ1n) is 22.0. The van der Waals surface area contributed by atoms with E-state index >= 15 is 0 Å². The minimum atomic E-state index is -0.366. The Balaban J connectivity index is 1.13. The van der Waals surface area contributed by atoms with E-state index in [0.717, 1.165) is 23.5 Å². The highest BCUT2D eigenvalue weighted by molar-refractivity contribution is 5.95. The summed E-state index contributed by atoms with van der Waals surface area (Å²) in [6.45, 7) is 4.41. The Morgan fingerprint density at radius 3 is 1.74 bits per heavy atom. The molecule has 292 valence electrons. The van der Waals surface area contributed by atoms with Gasteiger partial charge in [0.1, 0.15) is 0 Å². The molecule has 4 bridgehead atoms. The number of anilines is 5. The summed E-state index contributed by atoms with van der Waals surface area (Å²) >= 11 is 0. The van der Waals surface area contributed by atoms with Crippen LogP contribution in [-0.4, -0.2) is 5.54 Å². The molecule has 1 saturated carbocycles. The van der Waals surface area contributed by atoms with E-state index in [1.54, 1.807) is 0 Å². The van der Waals surface area contributed by atoms with Crippen molar-refractivity contribution in [1.82, 2.24) is 0 Å². The first-order valence-corrected chi connectivity index (χ1v) is 22.0. The largest absolute Gasteiger partial charge is 0.331 e. The van der Waals surface area contributed by atoms with Gasteiger partial charge in [-0.1, -0.05) is 140 Å². The summed E-state index contributed by atoms with van der Waals surface area (Å²) < 4.78 is 0. The number of nitrogens with zero attached hydrogens (tertiary/aromatic N) is 2. The Morgan fingerprint density at radius 2 is 1.03 bits per heavy atom. The van der Waals surface area contributed by atoms with E-state index in [1.807, 2.05) is 0 Å². The maximum atomic E-state index is 2.75. The van der Waals surface area contributed by atoms with Gasteiger partial charge in [0.25, 0.3) is 0 Å². The molecule has 0 amide bonds. The molecule has 7 aliphatic rings. The van der Waals surface area contributed by atoms with E-state index in [4.69, 9.17) is 0 Å². The lowest BCUT2D eigenvalue weighted by molar-refractivity contribution is 0.0338. The first-order chi connectivity index (χ1) is 30.0. The topological polar surface area (TPSA) is 6.48 Å². The molecule has 15 rings (SSSR count). The van der Waals surface area contributed by atoms with E-state index in [0.29, 0.717) is 11.8 Å². The minimum absolute atomic E-state index is 0.258. The number of aryl methyl sites for hydroxylation is 2.